The van der Waals surface area contributed by atoms with Crippen molar-refractivity contribution in [2.45, 2.75) is 85.0 Å². The second-order valence-electron chi connectivity index (χ2n) is 7.40. The van der Waals surface area contributed by atoms with Gasteiger partial charge in [0.25, 0.3) is 0 Å². The fraction of sp³-hybridized carbons (Fsp3) is 0.696. The van der Waals surface area contributed by atoms with Crippen LogP contribution in [0.2, 0.25) is 0 Å². The van der Waals surface area contributed by atoms with E-state index in [0.29, 0.717) is 25.4 Å². The number of amides is 1. The number of hydrogen-bond acceptors (Lipinski definition) is 5. The first-order valence-corrected chi connectivity index (χ1v) is 11.2. The minimum absolute atomic E-state index is 0. The number of carbonyl (C=O) groups excluding carboxylic acids is 2. The molecule has 0 aromatic carbocycles. The number of unbranched alkanes of at least 4 members (excludes halogenated alkanes) is 8. The Labute approximate surface area is 189 Å². The molecule has 0 saturated carbocycles. The van der Waals surface area contributed by atoms with E-state index in [4.69, 9.17) is 4.74 Å². The van der Waals surface area contributed by atoms with Crippen LogP contribution < -0.4 is 17.8 Å². The fourth-order valence-corrected chi connectivity index (χ4v) is 2.68. The van der Waals surface area contributed by atoms with E-state index < -0.39 is 0 Å². The molecule has 174 valence electrons. The molecule has 6 nitrogen and oxygen atoms in total. The molecule has 0 aliphatic heterocycles. The van der Waals surface area contributed by atoms with Gasteiger partial charge in [0.05, 0.1) is 13.7 Å². The quantitative estimate of drug-likeness (QED) is 0.148. The third-order valence-electron chi connectivity index (χ3n) is 4.71. The number of esters is 1. The van der Waals surface area contributed by atoms with E-state index in [1.54, 1.807) is 13.2 Å². The van der Waals surface area contributed by atoms with E-state index >= 15 is 0 Å². The molecule has 0 aliphatic carbocycles. The van der Waals surface area contributed by atoms with Gasteiger partial charge in [0, 0.05) is 12.6 Å². The molecule has 1 heterocycles. The third kappa shape index (κ3) is 17.2. The normalized spacial score (nSPS) is 11.9. The van der Waals surface area contributed by atoms with E-state index in [9.17, 15) is 9.59 Å². The lowest BCUT2D eigenvalue weighted by atomic mass is 10.1. The first kappa shape index (κ1) is 30.5. The minimum Gasteiger partial charge on any atom is -1.00 e. The average Bonchev–Trinajstić information content (AvgIpc) is 2.74. The Bertz CT molecular complexity index is 532. The monoisotopic (exact) mass is 443 g/mol. The van der Waals surface area contributed by atoms with Crippen molar-refractivity contribution < 1.29 is 31.3 Å². The highest BCUT2D eigenvalue weighted by Crippen LogP contribution is 2.10. The van der Waals surface area contributed by atoms with Crippen LogP contribution in [0.4, 0.5) is 5.82 Å². The molecule has 0 spiro atoms. The lowest BCUT2D eigenvalue weighted by Gasteiger charge is -2.25. The van der Waals surface area contributed by atoms with Crippen LogP contribution in [0, 0.1) is 0 Å². The number of aromatic nitrogens is 1. The average molecular weight is 444 g/mol. The topological polar surface area (TPSA) is 68.3 Å². The Morgan fingerprint density at radius 2 is 1.63 bits per heavy atom. The van der Waals surface area contributed by atoms with Crippen molar-refractivity contribution >= 4 is 18.2 Å². The maximum absolute atomic E-state index is 11.0. The Hall–Kier alpha value is -1.66. The number of nitrogens with one attached hydrogen (secondary N) is 1. The van der Waals surface area contributed by atoms with Gasteiger partial charge >= 0.3 is 12.4 Å². The smallest absolute Gasteiger partial charge is 0.325 e. The number of anilines is 1. The SMILES string of the molecule is CCCCCCCCCCCC(=O)OCC.CC[N+](C)(C=O)Nc1ccccn1.[Cl-]. The molecule has 1 unspecified atom stereocenters. The summed E-state index contributed by atoms with van der Waals surface area (Å²) in [4.78, 5) is 25.8. The molecule has 0 saturated heterocycles. The summed E-state index contributed by atoms with van der Waals surface area (Å²) in [5.41, 5.74) is 3.01. The van der Waals surface area contributed by atoms with E-state index in [0.717, 1.165) is 12.8 Å². The highest BCUT2D eigenvalue weighted by molar-refractivity contribution is 5.69. The Morgan fingerprint density at radius 3 is 2.10 bits per heavy atom. The predicted octanol–water partition coefficient (Wildman–Crippen LogP) is 2.51. The van der Waals surface area contributed by atoms with Crippen molar-refractivity contribution in [1.82, 2.24) is 4.98 Å². The van der Waals surface area contributed by atoms with Gasteiger partial charge in [0.15, 0.2) is 5.82 Å². The molecule has 1 aromatic heterocycles. The van der Waals surface area contributed by atoms with Crippen molar-refractivity contribution in [1.29, 1.82) is 0 Å². The van der Waals surface area contributed by atoms with E-state index in [1.165, 1.54) is 51.4 Å². The van der Waals surface area contributed by atoms with Crippen LogP contribution in [0.5, 0.6) is 0 Å². The Balaban J connectivity index is 0. The maximum Gasteiger partial charge on any atom is 0.325 e. The van der Waals surface area contributed by atoms with Crippen molar-refractivity contribution in [3.8, 4) is 0 Å². The highest BCUT2D eigenvalue weighted by Gasteiger charge is 2.18. The highest BCUT2D eigenvalue weighted by atomic mass is 35.5. The van der Waals surface area contributed by atoms with Gasteiger partial charge in [0.2, 0.25) is 0 Å². The first-order chi connectivity index (χ1) is 14.0. The zero-order chi connectivity index (χ0) is 21.8. The number of carbonyl (C=O) groups is 2. The minimum atomic E-state index is -0.0366. The van der Waals surface area contributed by atoms with Crippen molar-refractivity contribution in [3.63, 3.8) is 0 Å². The van der Waals surface area contributed by atoms with Gasteiger partial charge in [-0.25, -0.2) is 15.2 Å². The molecular weight excluding hydrogens is 402 g/mol. The van der Waals surface area contributed by atoms with E-state index in [2.05, 4.69) is 17.3 Å². The molecule has 0 bridgehead atoms. The molecular formula is C23H42ClN3O3. The standard InChI is InChI=1S/C14H28O2.C9H14N3O.ClH/c1-3-5-6-7-8-9-10-11-12-13-14(15)16-4-2;1-3-12(2,8-13)11-9-6-4-5-7-10-9;/h3-13H2,1-2H3;4-8H,3H2,1-2H3,(H,10,11);1H/q;+1;/p-1. The number of pyridine rings is 1. The van der Waals surface area contributed by atoms with Gasteiger partial charge in [-0.3, -0.25) is 4.79 Å². The number of hydrogen-bond donors (Lipinski definition) is 1. The summed E-state index contributed by atoms with van der Waals surface area (Å²) in [6.07, 6.45) is 14.7. The van der Waals surface area contributed by atoms with Crippen LogP contribution in [0.3, 0.4) is 0 Å². The summed E-state index contributed by atoms with van der Waals surface area (Å²) in [6, 6.07) is 5.54. The molecule has 1 rings (SSSR count). The third-order valence-corrected chi connectivity index (χ3v) is 4.71. The molecule has 1 amide bonds. The van der Waals surface area contributed by atoms with Gasteiger partial charge in [-0.15, -0.1) is 0 Å². The number of quaternary nitrogens is 1. The number of halogens is 1. The van der Waals surface area contributed by atoms with E-state index in [-0.39, 0.29) is 23.0 Å². The van der Waals surface area contributed by atoms with Gasteiger partial charge in [-0.1, -0.05) is 64.4 Å². The second kappa shape index (κ2) is 20.6. The molecule has 0 radical (unpaired) electrons. The van der Waals surface area contributed by atoms with Gasteiger partial charge in [-0.2, -0.15) is 4.59 Å². The molecule has 1 atom stereocenters. The Morgan fingerprint density at radius 1 is 1.03 bits per heavy atom. The predicted molar refractivity (Wildman–Crippen MR) is 119 cm³/mol. The largest absolute Gasteiger partial charge is 1.00 e. The van der Waals surface area contributed by atoms with Crippen molar-refractivity contribution in [2.24, 2.45) is 0 Å². The summed E-state index contributed by atoms with van der Waals surface area (Å²) >= 11 is 0. The van der Waals surface area contributed by atoms with Gasteiger partial charge in [0.1, 0.15) is 6.54 Å². The zero-order valence-electron chi connectivity index (χ0n) is 19.4. The lowest BCUT2D eigenvalue weighted by molar-refractivity contribution is -0.800. The summed E-state index contributed by atoms with van der Waals surface area (Å²) < 4.78 is 5.01. The fourth-order valence-electron chi connectivity index (χ4n) is 2.68. The van der Waals surface area contributed by atoms with Crippen LogP contribution in [-0.4, -0.2) is 42.2 Å². The van der Waals surface area contributed by atoms with Crippen LogP contribution in [-0.2, 0) is 14.3 Å². The van der Waals surface area contributed by atoms with Crippen LogP contribution in [0.15, 0.2) is 24.4 Å². The second-order valence-corrected chi connectivity index (χ2v) is 7.40. The van der Waals surface area contributed by atoms with Crippen LogP contribution in [0.25, 0.3) is 0 Å². The lowest BCUT2D eigenvalue weighted by Crippen LogP contribution is -3.00. The summed E-state index contributed by atoms with van der Waals surface area (Å²) in [6.45, 7) is 7.23. The molecule has 7 heteroatoms. The molecule has 0 aliphatic rings. The first-order valence-electron chi connectivity index (χ1n) is 11.2. The van der Waals surface area contributed by atoms with Crippen LogP contribution in [0.1, 0.15) is 85.0 Å². The summed E-state index contributed by atoms with van der Waals surface area (Å²) in [5, 5.41) is 0. The zero-order valence-corrected chi connectivity index (χ0v) is 20.1. The molecule has 1 aromatic rings. The Kier molecular flexibility index (Phi) is 21.0. The summed E-state index contributed by atoms with van der Waals surface area (Å²) in [5.74, 6) is 0.671. The molecule has 1 N–H and O–H groups in total. The van der Waals surface area contributed by atoms with Gasteiger partial charge in [-0.05, 0) is 32.4 Å². The van der Waals surface area contributed by atoms with Crippen LogP contribution >= 0.6 is 0 Å². The van der Waals surface area contributed by atoms with Crippen molar-refractivity contribution in [2.75, 3.05) is 25.6 Å². The van der Waals surface area contributed by atoms with Gasteiger partial charge < -0.3 is 17.1 Å². The number of nitrogens with zero attached hydrogens (tertiary/aromatic N) is 2. The van der Waals surface area contributed by atoms with E-state index in [1.807, 2.05) is 32.0 Å². The maximum atomic E-state index is 11.0. The van der Waals surface area contributed by atoms with Crippen molar-refractivity contribution in [3.05, 3.63) is 24.4 Å². The molecule has 0 fully saturated rings. The molecule has 30 heavy (non-hydrogen) atoms. The summed E-state index contributed by atoms with van der Waals surface area (Å²) in [7, 11) is 1.79. The number of rotatable bonds is 15. The number of ether oxygens (including phenoxy) is 1.